The standard InChI is InChI=1S/C27H41ClFN7O4/c1-35(2)19-15-36(16-27(19)10-11-27)23-21(29)22(31-25(28)32-23)33-34-24(37)18(13-17-7-3-4-8-17)14-30-26(38)40-20-9-5-6-12-39-20/h17-20H,3-16H2,1-2H3,(H,30,38)(H,34,37)(H,31,32,33)/t18-,19?,20?/m1/s1. The summed E-state index contributed by atoms with van der Waals surface area (Å²) >= 11 is 6.19. The summed E-state index contributed by atoms with van der Waals surface area (Å²) in [5.41, 5.74) is 5.39. The van der Waals surface area contributed by atoms with Gasteiger partial charge in [-0.25, -0.2) is 4.79 Å². The molecule has 3 N–H and O–H groups in total. The second-order valence-electron chi connectivity index (χ2n) is 12.0. The van der Waals surface area contributed by atoms with Crippen LogP contribution in [0.3, 0.4) is 0 Å². The largest absolute Gasteiger partial charge is 0.420 e. The normalized spacial score (nSPS) is 24.8. The summed E-state index contributed by atoms with van der Waals surface area (Å²) < 4.78 is 26.4. The van der Waals surface area contributed by atoms with Crippen molar-refractivity contribution in [3.8, 4) is 0 Å². The minimum atomic E-state index is -0.665. The number of anilines is 2. The average molecular weight is 582 g/mol. The fourth-order valence-electron chi connectivity index (χ4n) is 6.50. The number of likely N-dealkylation sites (N-methyl/N-ethyl adjacent to an activating group) is 1. The van der Waals surface area contributed by atoms with Crippen molar-refractivity contribution in [1.82, 2.24) is 25.6 Å². The molecule has 222 valence electrons. The quantitative estimate of drug-likeness (QED) is 0.280. The Labute approximate surface area is 239 Å². The highest BCUT2D eigenvalue weighted by Gasteiger charge is 2.56. The SMILES string of the molecule is CN(C)C1CN(c2nc(Cl)nc(NNC(=O)[C@@H](CNC(=O)OC3CCCCO3)CC3CCCC3)c2F)CC12CC2. The molecule has 3 heterocycles. The molecule has 2 saturated heterocycles. The van der Waals surface area contributed by atoms with E-state index in [-0.39, 0.29) is 34.8 Å². The van der Waals surface area contributed by atoms with Gasteiger partial charge in [0.2, 0.25) is 23.3 Å². The molecule has 2 aliphatic carbocycles. The van der Waals surface area contributed by atoms with Crippen LogP contribution in [0.2, 0.25) is 5.28 Å². The van der Waals surface area contributed by atoms with Gasteiger partial charge in [-0.1, -0.05) is 25.7 Å². The first-order valence-electron chi connectivity index (χ1n) is 14.5. The molecular weight excluding hydrogens is 541 g/mol. The highest BCUT2D eigenvalue weighted by atomic mass is 35.5. The second kappa shape index (κ2) is 12.6. The first-order chi connectivity index (χ1) is 19.2. The third-order valence-electron chi connectivity index (χ3n) is 8.86. The van der Waals surface area contributed by atoms with E-state index in [0.29, 0.717) is 44.5 Å². The first kappa shape index (κ1) is 29.1. The smallest absolute Gasteiger partial charge is 0.409 e. The number of hydrogen-bond acceptors (Lipinski definition) is 9. The lowest BCUT2D eigenvalue weighted by Crippen LogP contribution is -2.43. The molecule has 1 aromatic rings. The Balaban J connectivity index is 1.21. The molecule has 13 heteroatoms. The number of amides is 2. The van der Waals surface area contributed by atoms with E-state index in [1.807, 2.05) is 19.0 Å². The molecule has 1 spiro atoms. The molecule has 0 radical (unpaired) electrons. The maximum atomic E-state index is 15.6. The third-order valence-corrected chi connectivity index (χ3v) is 9.03. The zero-order valence-corrected chi connectivity index (χ0v) is 24.1. The van der Waals surface area contributed by atoms with Crippen LogP contribution in [0.1, 0.15) is 64.2 Å². The van der Waals surface area contributed by atoms with E-state index in [0.717, 1.165) is 51.4 Å². The molecule has 1 aromatic heterocycles. The van der Waals surface area contributed by atoms with Crippen molar-refractivity contribution in [3.63, 3.8) is 0 Å². The molecule has 11 nitrogen and oxygen atoms in total. The van der Waals surface area contributed by atoms with E-state index in [9.17, 15) is 9.59 Å². The number of alkyl carbamates (subject to hydrolysis) is 1. The molecule has 3 atom stereocenters. The van der Waals surface area contributed by atoms with E-state index in [2.05, 4.69) is 31.0 Å². The van der Waals surface area contributed by atoms with Crippen LogP contribution >= 0.6 is 11.6 Å². The molecule has 4 fully saturated rings. The van der Waals surface area contributed by atoms with E-state index >= 15 is 4.39 Å². The van der Waals surface area contributed by atoms with Crippen LogP contribution in [0.25, 0.3) is 0 Å². The molecule has 4 aliphatic rings. The number of carbonyl (C=O) groups is 2. The highest BCUT2D eigenvalue weighted by Crippen LogP contribution is 2.55. The van der Waals surface area contributed by atoms with Crippen LogP contribution in [-0.2, 0) is 14.3 Å². The van der Waals surface area contributed by atoms with Crippen LogP contribution in [-0.4, -0.2) is 79.5 Å². The van der Waals surface area contributed by atoms with Gasteiger partial charge in [-0.2, -0.15) is 14.4 Å². The number of carbonyl (C=O) groups excluding carboxylic acids is 2. The van der Waals surface area contributed by atoms with Gasteiger partial charge in [-0.05, 0) is 63.7 Å². The van der Waals surface area contributed by atoms with Crippen molar-refractivity contribution in [2.75, 3.05) is 50.7 Å². The van der Waals surface area contributed by atoms with Crippen molar-refractivity contribution in [2.24, 2.45) is 17.3 Å². The van der Waals surface area contributed by atoms with Gasteiger partial charge in [0.1, 0.15) is 0 Å². The maximum Gasteiger partial charge on any atom is 0.409 e. The Morgan fingerprint density at radius 1 is 1.20 bits per heavy atom. The summed E-state index contributed by atoms with van der Waals surface area (Å²) in [5, 5.41) is 2.61. The van der Waals surface area contributed by atoms with Gasteiger partial charge in [-0.15, -0.1) is 0 Å². The lowest BCUT2D eigenvalue weighted by Gasteiger charge is -2.24. The van der Waals surface area contributed by atoms with Gasteiger partial charge >= 0.3 is 6.09 Å². The van der Waals surface area contributed by atoms with Crippen molar-refractivity contribution in [1.29, 1.82) is 0 Å². The minimum absolute atomic E-state index is 0.0929. The molecule has 2 amide bonds. The van der Waals surface area contributed by atoms with E-state index < -0.39 is 24.1 Å². The number of hydrogen-bond donors (Lipinski definition) is 3. The van der Waals surface area contributed by atoms with Crippen LogP contribution in [0, 0.1) is 23.1 Å². The number of nitrogens with zero attached hydrogens (tertiary/aromatic N) is 4. The minimum Gasteiger partial charge on any atom is -0.420 e. The number of hydrazine groups is 1. The summed E-state index contributed by atoms with van der Waals surface area (Å²) in [6, 6.07) is 0.303. The zero-order valence-electron chi connectivity index (χ0n) is 23.4. The number of aromatic nitrogens is 2. The third kappa shape index (κ3) is 6.88. The summed E-state index contributed by atoms with van der Waals surface area (Å²) in [6.45, 7) is 2.00. The second-order valence-corrected chi connectivity index (χ2v) is 12.3. The van der Waals surface area contributed by atoms with Gasteiger partial charge in [0, 0.05) is 37.5 Å². The van der Waals surface area contributed by atoms with Crippen LogP contribution in [0.5, 0.6) is 0 Å². The van der Waals surface area contributed by atoms with Crippen molar-refractivity contribution >= 4 is 35.2 Å². The fraction of sp³-hybridized carbons (Fsp3) is 0.778. The van der Waals surface area contributed by atoms with Gasteiger partial charge in [0.25, 0.3) is 0 Å². The van der Waals surface area contributed by atoms with Gasteiger partial charge in [-0.3, -0.25) is 15.6 Å². The Kier molecular flexibility index (Phi) is 9.16. The topological polar surface area (TPSA) is 121 Å². The van der Waals surface area contributed by atoms with E-state index in [1.54, 1.807) is 0 Å². The number of nitrogens with one attached hydrogen (secondary N) is 3. The molecular formula is C27H41ClFN7O4. The average Bonchev–Trinajstić information content (AvgIpc) is 3.32. The summed E-state index contributed by atoms with van der Waals surface area (Å²) in [7, 11) is 4.08. The molecule has 2 saturated carbocycles. The van der Waals surface area contributed by atoms with Gasteiger partial charge < -0.3 is 24.6 Å². The Morgan fingerprint density at radius 3 is 2.60 bits per heavy atom. The van der Waals surface area contributed by atoms with Crippen LogP contribution in [0.4, 0.5) is 20.8 Å². The van der Waals surface area contributed by atoms with Crippen molar-refractivity contribution < 1.29 is 23.5 Å². The van der Waals surface area contributed by atoms with Gasteiger partial charge in [0.05, 0.1) is 12.5 Å². The monoisotopic (exact) mass is 581 g/mol. The van der Waals surface area contributed by atoms with Crippen molar-refractivity contribution in [2.45, 2.75) is 76.5 Å². The molecule has 0 aromatic carbocycles. The number of halogens is 2. The molecule has 2 unspecified atom stereocenters. The predicted molar refractivity (Wildman–Crippen MR) is 148 cm³/mol. The Bertz CT molecular complexity index is 1060. The Hall–Kier alpha value is -2.44. The predicted octanol–water partition coefficient (Wildman–Crippen LogP) is 3.69. The van der Waals surface area contributed by atoms with Gasteiger partial charge in [0.15, 0.2) is 11.6 Å². The first-order valence-corrected chi connectivity index (χ1v) is 14.9. The lowest BCUT2D eigenvalue weighted by atomic mass is 9.92. The van der Waals surface area contributed by atoms with E-state index in [4.69, 9.17) is 21.1 Å². The van der Waals surface area contributed by atoms with Crippen molar-refractivity contribution in [3.05, 3.63) is 11.1 Å². The molecule has 40 heavy (non-hydrogen) atoms. The highest BCUT2D eigenvalue weighted by molar-refractivity contribution is 6.28. The maximum absolute atomic E-state index is 15.6. The van der Waals surface area contributed by atoms with Crippen LogP contribution in [0.15, 0.2) is 0 Å². The lowest BCUT2D eigenvalue weighted by molar-refractivity contribution is -0.127. The Morgan fingerprint density at radius 2 is 1.95 bits per heavy atom. The van der Waals surface area contributed by atoms with Crippen LogP contribution < -0.4 is 21.1 Å². The number of ether oxygens (including phenoxy) is 2. The fourth-order valence-corrected chi connectivity index (χ4v) is 6.67. The molecule has 5 rings (SSSR count). The zero-order chi connectivity index (χ0) is 28.3. The van der Waals surface area contributed by atoms with E-state index in [1.165, 1.54) is 0 Å². The molecule has 2 aliphatic heterocycles. The summed E-state index contributed by atoms with van der Waals surface area (Å²) in [5.74, 6) is -1.25. The summed E-state index contributed by atoms with van der Waals surface area (Å²) in [4.78, 5) is 37.9. The number of rotatable bonds is 10. The molecule has 0 bridgehead atoms. The summed E-state index contributed by atoms with van der Waals surface area (Å²) in [6.07, 6.45) is 8.54.